The zero-order valence-electron chi connectivity index (χ0n) is 16.0. The standard InChI is InChI=1S/C16H29N7O3S/c1-3-17-16(18-7-9-22-8-4-10-27(22,24)25)19-13-5-6-15-20-14(12-26-2)21-23(15)11-13/h13H,3-12H2,1-2H3,(H2,17,18,19). The van der Waals surface area contributed by atoms with E-state index >= 15 is 0 Å². The number of aromatic nitrogens is 3. The van der Waals surface area contributed by atoms with Crippen molar-refractivity contribution in [2.24, 2.45) is 4.99 Å². The summed E-state index contributed by atoms with van der Waals surface area (Å²) in [6.07, 6.45) is 2.49. The number of hydrogen-bond acceptors (Lipinski definition) is 6. The molecular weight excluding hydrogens is 370 g/mol. The van der Waals surface area contributed by atoms with E-state index in [2.05, 4.69) is 25.7 Å². The van der Waals surface area contributed by atoms with Gasteiger partial charge >= 0.3 is 0 Å². The van der Waals surface area contributed by atoms with Crippen molar-refractivity contribution in [2.75, 3.05) is 39.0 Å². The monoisotopic (exact) mass is 399 g/mol. The smallest absolute Gasteiger partial charge is 0.214 e. The molecule has 1 aromatic rings. The van der Waals surface area contributed by atoms with Crippen molar-refractivity contribution in [3.63, 3.8) is 0 Å². The fraction of sp³-hybridized carbons (Fsp3) is 0.812. The van der Waals surface area contributed by atoms with Gasteiger partial charge in [-0.3, -0.25) is 4.99 Å². The Kier molecular flexibility index (Phi) is 6.66. The first-order valence-electron chi connectivity index (χ1n) is 9.46. The molecule has 1 saturated heterocycles. The fourth-order valence-corrected chi connectivity index (χ4v) is 4.92. The molecule has 2 aliphatic rings. The van der Waals surface area contributed by atoms with Gasteiger partial charge in [-0.1, -0.05) is 0 Å². The molecule has 0 radical (unpaired) electrons. The van der Waals surface area contributed by atoms with E-state index in [1.165, 1.54) is 4.31 Å². The van der Waals surface area contributed by atoms with Crippen molar-refractivity contribution in [3.8, 4) is 0 Å². The van der Waals surface area contributed by atoms with Crippen LogP contribution in [0.15, 0.2) is 4.99 Å². The summed E-state index contributed by atoms with van der Waals surface area (Å²) in [5, 5.41) is 11.1. The maximum absolute atomic E-state index is 11.9. The van der Waals surface area contributed by atoms with Crippen LogP contribution in [0, 0.1) is 0 Å². The van der Waals surface area contributed by atoms with Crippen LogP contribution in [0.25, 0.3) is 0 Å². The minimum absolute atomic E-state index is 0.197. The molecule has 2 N–H and O–H groups in total. The number of guanidine groups is 1. The molecule has 1 unspecified atom stereocenters. The van der Waals surface area contributed by atoms with Crippen LogP contribution in [0.2, 0.25) is 0 Å². The summed E-state index contributed by atoms with van der Waals surface area (Å²) in [6.45, 7) is 5.36. The highest BCUT2D eigenvalue weighted by molar-refractivity contribution is 7.89. The molecule has 3 heterocycles. The summed E-state index contributed by atoms with van der Waals surface area (Å²) in [5.74, 6) is 2.66. The van der Waals surface area contributed by atoms with Crippen LogP contribution >= 0.6 is 0 Å². The van der Waals surface area contributed by atoms with Gasteiger partial charge in [0.2, 0.25) is 10.0 Å². The molecule has 11 heteroatoms. The molecule has 0 aliphatic carbocycles. The van der Waals surface area contributed by atoms with Crippen LogP contribution in [-0.4, -0.2) is 78.5 Å². The van der Waals surface area contributed by atoms with Crippen LogP contribution in [0.5, 0.6) is 0 Å². The second-order valence-electron chi connectivity index (χ2n) is 6.77. The molecule has 10 nitrogen and oxygen atoms in total. The van der Waals surface area contributed by atoms with E-state index in [-0.39, 0.29) is 11.8 Å². The van der Waals surface area contributed by atoms with E-state index in [0.29, 0.717) is 44.4 Å². The number of hydrogen-bond donors (Lipinski definition) is 2. The van der Waals surface area contributed by atoms with E-state index in [0.717, 1.165) is 31.8 Å². The second kappa shape index (κ2) is 8.98. The number of sulfonamides is 1. The van der Waals surface area contributed by atoms with Crippen molar-refractivity contribution in [1.82, 2.24) is 29.7 Å². The molecule has 2 aliphatic heterocycles. The summed E-state index contributed by atoms with van der Waals surface area (Å²) in [4.78, 5) is 9.04. The summed E-state index contributed by atoms with van der Waals surface area (Å²) in [6, 6.07) is 0.197. The van der Waals surface area contributed by atoms with Gasteiger partial charge in [-0.2, -0.15) is 5.10 Å². The lowest BCUT2D eigenvalue weighted by molar-refractivity contribution is 0.177. The average molecular weight is 400 g/mol. The van der Waals surface area contributed by atoms with Gasteiger partial charge in [0.25, 0.3) is 0 Å². The molecule has 1 fully saturated rings. The predicted molar refractivity (Wildman–Crippen MR) is 102 cm³/mol. The Hall–Kier alpha value is -1.72. The van der Waals surface area contributed by atoms with Crippen LogP contribution in [0.1, 0.15) is 31.4 Å². The van der Waals surface area contributed by atoms with Crippen molar-refractivity contribution in [3.05, 3.63) is 11.6 Å². The summed E-state index contributed by atoms with van der Waals surface area (Å²) < 4.78 is 32.3. The van der Waals surface area contributed by atoms with Crippen molar-refractivity contribution < 1.29 is 13.2 Å². The van der Waals surface area contributed by atoms with Crippen molar-refractivity contribution in [2.45, 2.75) is 45.4 Å². The summed E-state index contributed by atoms with van der Waals surface area (Å²) in [5.41, 5.74) is 0. The lowest BCUT2D eigenvalue weighted by Crippen LogP contribution is -2.47. The lowest BCUT2D eigenvalue weighted by atomic mass is 10.1. The van der Waals surface area contributed by atoms with Gasteiger partial charge in [0.1, 0.15) is 12.4 Å². The van der Waals surface area contributed by atoms with Crippen molar-refractivity contribution >= 4 is 16.0 Å². The summed E-state index contributed by atoms with van der Waals surface area (Å²) in [7, 11) is -1.43. The number of methoxy groups -OCH3 is 1. The number of ether oxygens (including phenoxy) is 1. The van der Waals surface area contributed by atoms with E-state index in [9.17, 15) is 8.42 Å². The van der Waals surface area contributed by atoms with Gasteiger partial charge < -0.3 is 15.4 Å². The Morgan fingerprint density at radius 2 is 2.30 bits per heavy atom. The van der Waals surface area contributed by atoms with Crippen LogP contribution in [0.3, 0.4) is 0 Å². The highest BCUT2D eigenvalue weighted by Crippen LogP contribution is 2.14. The number of nitrogens with one attached hydrogen (secondary N) is 2. The molecule has 0 amide bonds. The van der Waals surface area contributed by atoms with Gasteiger partial charge in [-0.15, -0.1) is 0 Å². The molecule has 1 aromatic heterocycles. The highest BCUT2D eigenvalue weighted by atomic mass is 32.2. The number of aryl methyl sites for hydroxylation is 1. The Morgan fingerprint density at radius 3 is 3.00 bits per heavy atom. The number of nitrogens with zero attached hydrogens (tertiary/aromatic N) is 5. The first-order valence-corrected chi connectivity index (χ1v) is 11.1. The number of aliphatic imine (C=N–C) groups is 1. The third kappa shape index (κ3) is 5.17. The topological polar surface area (TPSA) is 114 Å². The molecule has 1 atom stereocenters. The van der Waals surface area contributed by atoms with E-state index in [1.54, 1.807) is 7.11 Å². The Balaban J connectivity index is 1.55. The van der Waals surface area contributed by atoms with E-state index in [1.807, 2.05) is 11.6 Å². The molecule has 0 saturated carbocycles. The van der Waals surface area contributed by atoms with Gasteiger partial charge in [0.05, 0.1) is 18.8 Å². The zero-order chi connectivity index (χ0) is 19.3. The molecule has 3 rings (SSSR count). The van der Waals surface area contributed by atoms with Gasteiger partial charge in [-0.05, 0) is 19.8 Å². The van der Waals surface area contributed by atoms with E-state index < -0.39 is 10.0 Å². The quantitative estimate of drug-likeness (QED) is 0.462. The third-order valence-electron chi connectivity index (χ3n) is 4.68. The average Bonchev–Trinajstić information content (AvgIpc) is 3.17. The minimum Gasteiger partial charge on any atom is -0.377 e. The predicted octanol–water partition coefficient (Wildman–Crippen LogP) is -0.670. The van der Waals surface area contributed by atoms with Gasteiger partial charge in [-0.25, -0.2) is 22.4 Å². The highest BCUT2D eigenvalue weighted by Gasteiger charge is 2.27. The maximum Gasteiger partial charge on any atom is 0.214 e. The molecule has 0 bridgehead atoms. The number of fused-ring (bicyclic) bond motifs is 1. The number of rotatable bonds is 7. The fourth-order valence-electron chi connectivity index (χ4n) is 3.40. The van der Waals surface area contributed by atoms with Gasteiger partial charge in [0, 0.05) is 39.2 Å². The van der Waals surface area contributed by atoms with Crippen LogP contribution < -0.4 is 10.6 Å². The lowest BCUT2D eigenvalue weighted by Gasteiger charge is -2.25. The Bertz CT molecular complexity index is 762. The molecule has 0 spiro atoms. The Labute approximate surface area is 160 Å². The third-order valence-corrected chi connectivity index (χ3v) is 6.64. The first-order chi connectivity index (χ1) is 13.0. The van der Waals surface area contributed by atoms with E-state index in [4.69, 9.17) is 4.74 Å². The molecule has 27 heavy (non-hydrogen) atoms. The normalized spacial score (nSPS) is 22.6. The molecular formula is C16H29N7O3S. The molecule has 152 valence electrons. The van der Waals surface area contributed by atoms with Crippen molar-refractivity contribution in [1.29, 1.82) is 0 Å². The maximum atomic E-state index is 11.9. The SMILES string of the molecule is CCNC(=NCCN1CCCS1(=O)=O)NC1CCc2nc(COC)nn2C1. The molecule has 0 aromatic carbocycles. The van der Waals surface area contributed by atoms with Crippen LogP contribution in [-0.2, 0) is 34.3 Å². The second-order valence-corrected chi connectivity index (χ2v) is 8.86. The summed E-state index contributed by atoms with van der Waals surface area (Å²) >= 11 is 0. The first kappa shape index (κ1) is 20.0. The Morgan fingerprint density at radius 1 is 1.44 bits per heavy atom. The largest absolute Gasteiger partial charge is 0.377 e. The zero-order valence-corrected chi connectivity index (χ0v) is 16.8. The minimum atomic E-state index is -3.07. The van der Waals surface area contributed by atoms with Crippen LogP contribution in [0.4, 0.5) is 0 Å². The van der Waals surface area contributed by atoms with Gasteiger partial charge in [0.15, 0.2) is 11.8 Å².